The Morgan fingerprint density at radius 1 is 1.55 bits per heavy atom. The highest BCUT2D eigenvalue weighted by atomic mass is 16.1. The van der Waals surface area contributed by atoms with Gasteiger partial charge >= 0.3 is 0 Å². The predicted octanol–water partition coefficient (Wildman–Crippen LogP) is 2.56. The average Bonchev–Trinajstić information content (AvgIpc) is 2.33. The number of carbonyl (C=O) groups excluding carboxylic acids is 1. The lowest BCUT2D eigenvalue weighted by atomic mass is 9.87. The van der Waals surface area contributed by atoms with Crippen LogP contribution >= 0.6 is 0 Å². The van der Waals surface area contributed by atoms with Crippen molar-refractivity contribution >= 4 is 6.29 Å². The summed E-state index contributed by atoms with van der Waals surface area (Å²) < 4.78 is 0. The highest BCUT2D eigenvalue weighted by molar-refractivity contribution is 5.60. The van der Waals surface area contributed by atoms with Crippen LogP contribution < -0.4 is 0 Å². The minimum atomic E-state index is -0.116. The molecule has 1 fully saturated rings. The van der Waals surface area contributed by atoms with E-state index in [1.165, 1.54) is 6.42 Å². The summed E-state index contributed by atoms with van der Waals surface area (Å²) >= 11 is 0. The molecule has 0 aromatic carbocycles. The van der Waals surface area contributed by atoms with Crippen LogP contribution in [-0.4, -0.2) is 6.29 Å². The zero-order chi connectivity index (χ0) is 8.48. The standard InChI is InChI=1S/C10H17O/c1-8(2)9-4-5-10(3,6-9)7-11/h8-9H,4-6H2,1-3H3. The molecule has 0 saturated heterocycles. The fraction of sp³-hybridized carbons (Fsp3) is 0.900. The van der Waals surface area contributed by atoms with E-state index in [9.17, 15) is 4.79 Å². The lowest BCUT2D eigenvalue weighted by molar-refractivity contribution is 0.355. The van der Waals surface area contributed by atoms with Crippen molar-refractivity contribution < 1.29 is 4.79 Å². The van der Waals surface area contributed by atoms with Gasteiger partial charge in [-0.2, -0.15) is 0 Å². The normalized spacial score (nSPS) is 38.0. The van der Waals surface area contributed by atoms with Crippen LogP contribution in [0.25, 0.3) is 0 Å². The van der Waals surface area contributed by atoms with Gasteiger partial charge in [0.1, 0.15) is 0 Å². The maximum Gasteiger partial charge on any atom is 0.204 e. The first kappa shape index (κ1) is 8.76. The molecular formula is C10H17O. The van der Waals surface area contributed by atoms with Crippen LogP contribution in [0.3, 0.4) is 0 Å². The van der Waals surface area contributed by atoms with Gasteiger partial charge in [-0.15, -0.1) is 0 Å². The second-order valence-corrected chi connectivity index (χ2v) is 4.41. The Balaban J connectivity index is 2.52. The molecule has 11 heavy (non-hydrogen) atoms. The Morgan fingerprint density at radius 2 is 2.18 bits per heavy atom. The fourth-order valence-electron chi connectivity index (χ4n) is 1.95. The second kappa shape index (κ2) is 2.96. The van der Waals surface area contributed by atoms with E-state index in [2.05, 4.69) is 20.1 Å². The topological polar surface area (TPSA) is 17.1 Å². The number of hydrogen-bond acceptors (Lipinski definition) is 1. The first-order chi connectivity index (χ1) is 5.07. The molecule has 2 unspecified atom stereocenters. The van der Waals surface area contributed by atoms with Crippen molar-refractivity contribution in [3.8, 4) is 0 Å². The van der Waals surface area contributed by atoms with Gasteiger partial charge in [0.05, 0.1) is 0 Å². The SMILES string of the molecule is CC(C)C1CCC(C)([C]=O)C1. The molecule has 1 nitrogen and oxygen atoms in total. The maximum absolute atomic E-state index is 10.6. The van der Waals surface area contributed by atoms with Gasteiger partial charge in [-0.1, -0.05) is 20.8 Å². The Kier molecular flexibility index (Phi) is 2.36. The van der Waals surface area contributed by atoms with Crippen LogP contribution in [0.15, 0.2) is 0 Å². The van der Waals surface area contributed by atoms with Crippen molar-refractivity contribution in [1.82, 2.24) is 0 Å². The maximum atomic E-state index is 10.6. The Morgan fingerprint density at radius 3 is 2.45 bits per heavy atom. The third-order valence-electron chi connectivity index (χ3n) is 2.97. The molecule has 0 N–H and O–H groups in total. The largest absolute Gasteiger partial charge is 0.290 e. The van der Waals surface area contributed by atoms with Gasteiger partial charge < -0.3 is 0 Å². The lowest BCUT2D eigenvalue weighted by Crippen LogP contribution is -2.14. The van der Waals surface area contributed by atoms with Crippen molar-refractivity contribution in [3.63, 3.8) is 0 Å². The van der Waals surface area contributed by atoms with Gasteiger partial charge in [0.2, 0.25) is 6.29 Å². The first-order valence-corrected chi connectivity index (χ1v) is 4.47. The minimum absolute atomic E-state index is 0.116. The molecule has 1 heteroatoms. The molecular weight excluding hydrogens is 136 g/mol. The first-order valence-electron chi connectivity index (χ1n) is 4.47. The van der Waals surface area contributed by atoms with E-state index < -0.39 is 0 Å². The van der Waals surface area contributed by atoms with E-state index in [-0.39, 0.29) is 5.41 Å². The molecule has 0 bridgehead atoms. The van der Waals surface area contributed by atoms with Gasteiger partial charge in [0.15, 0.2) is 0 Å². The average molecular weight is 153 g/mol. The van der Waals surface area contributed by atoms with Crippen LogP contribution in [0.4, 0.5) is 0 Å². The molecule has 0 heterocycles. The van der Waals surface area contributed by atoms with Gasteiger partial charge in [-0.25, -0.2) is 0 Å². The van der Waals surface area contributed by atoms with Crippen LogP contribution in [0.1, 0.15) is 40.0 Å². The third-order valence-corrected chi connectivity index (χ3v) is 2.97. The Hall–Kier alpha value is -0.330. The van der Waals surface area contributed by atoms with Gasteiger partial charge in [0.25, 0.3) is 0 Å². The summed E-state index contributed by atoms with van der Waals surface area (Å²) in [6.07, 6.45) is 5.48. The predicted molar refractivity (Wildman–Crippen MR) is 46.0 cm³/mol. The summed E-state index contributed by atoms with van der Waals surface area (Å²) in [5, 5.41) is 0. The summed E-state index contributed by atoms with van der Waals surface area (Å²) in [6.45, 7) is 6.50. The minimum Gasteiger partial charge on any atom is -0.290 e. The number of rotatable bonds is 2. The second-order valence-electron chi connectivity index (χ2n) is 4.41. The highest BCUT2D eigenvalue weighted by Gasteiger charge is 2.36. The zero-order valence-electron chi connectivity index (χ0n) is 7.68. The van der Waals surface area contributed by atoms with Crippen molar-refractivity contribution in [3.05, 3.63) is 0 Å². The third kappa shape index (κ3) is 1.82. The molecule has 1 radical (unpaired) electrons. The van der Waals surface area contributed by atoms with Crippen molar-refractivity contribution in [2.45, 2.75) is 40.0 Å². The summed E-state index contributed by atoms with van der Waals surface area (Å²) in [7, 11) is 0. The van der Waals surface area contributed by atoms with Gasteiger partial charge in [0, 0.05) is 5.41 Å². The van der Waals surface area contributed by atoms with E-state index >= 15 is 0 Å². The molecule has 0 spiro atoms. The van der Waals surface area contributed by atoms with E-state index in [1.54, 1.807) is 0 Å². The van der Waals surface area contributed by atoms with Crippen molar-refractivity contribution in [2.24, 2.45) is 17.3 Å². The van der Waals surface area contributed by atoms with Gasteiger partial charge in [-0.05, 0) is 31.1 Å². The smallest absolute Gasteiger partial charge is 0.204 e. The number of hydrogen-bond donors (Lipinski definition) is 0. The summed E-state index contributed by atoms with van der Waals surface area (Å²) in [5.74, 6) is 1.48. The van der Waals surface area contributed by atoms with Gasteiger partial charge in [-0.3, -0.25) is 4.79 Å². The summed E-state index contributed by atoms with van der Waals surface area (Å²) in [4.78, 5) is 10.6. The van der Waals surface area contributed by atoms with Crippen LogP contribution in [-0.2, 0) is 4.79 Å². The van der Waals surface area contributed by atoms with E-state index in [0.29, 0.717) is 0 Å². The van der Waals surface area contributed by atoms with Crippen molar-refractivity contribution in [1.29, 1.82) is 0 Å². The summed E-state index contributed by atoms with van der Waals surface area (Å²) in [5.41, 5.74) is -0.116. The van der Waals surface area contributed by atoms with E-state index in [0.717, 1.165) is 24.7 Å². The molecule has 0 aliphatic heterocycles. The lowest BCUT2D eigenvalue weighted by Gasteiger charge is -2.16. The molecule has 0 amide bonds. The molecule has 1 rings (SSSR count). The molecule has 1 aliphatic carbocycles. The monoisotopic (exact) mass is 153 g/mol. The van der Waals surface area contributed by atoms with E-state index in [1.807, 2.05) is 6.92 Å². The molecule has 0 aromatic heterocycles. The van der Waals surface area contributed by atoms with Crippen LogP contribution in [0.5, 0.6) is 0 Å². The van der Waals surface area contributed by atoms with Crippen molar-refractivity contribution in [2.75, 3.05) is 0 Å². The Labute approximate surface area is 69.2 Å². The Bertz CT molecular complexity index is 151. The molecule has 1 aliphatic rings. The quantitative estimate of drug-likeness (QED) is 0.596. The van der Waals surface area contributed by atoms with Crippen LogP contribution in [0.2, 0.25) is 0 Å². The van der Waals surface area contributed by atoms with Crippen LogP contribution in [0, 0.1) is 17.3 Å². The summed E-state index contributed by atoms with van der Waals surface area (Å²) in [6, 6.07) is 0. The molecule has 63 valence electrons. The molecule has 2 atom stereocenters. The van der Waals surface area contributed by atoms with E-state index in [4.69, 9.17) is 0 Å². The fourth-order valence-corrected chi connectivity index (χ4v) is 1.95. The highest BCUT2D eigenvalue weighted by Crippen LogP contribution is 2.42. The molecule has 0 aromatic rings. The molecule has 1 saturated carbocycles. The zero-order valence-corrected chi connectivity index (χ0v) is 7.68.